The number of aromatic hydroxyl groups is 2. The molecule has 6 atom stereocenters. The van der Waals surface area contributed by atoms with Crippen molar-refractivity contribution in [2.24, 2.45) is 28.6 Å². The van der Waals surface area contributed by atoms with Crippen LogP contribution in [0.3, 0.4) is 0 Å². The number of hydrogen-bond donors (Lipinski definition) is 2. The van der Waals surface area contributed by atoms with Gasteiger partial charge in [-0.2, -0.15) is 0 Å². The Morgan fingerprint density at radius 3 is 2.44 bits per heavy atom. The minimum atomic E-state index is -0.236. The van der Waals surface area contributed by atoms with Crippen LogP contribution in [0.1, 0.15) is 76.3 Å². The summed E-state index contributed by atoms with van der Waals surface area (Å²) in [6, 6.07) is 9.91. The number of Topliss-reactive ketones (excluding diaryl/α,β-unsaturated/α-hetero) is 1. The van der Waals surface area contributed by atoms with E-state index in [2.05, 4.69) is 19.9 Å². The zero-order chi connectivity index (χ0) is 27.5. The summed E-state index contributed by atoms with van der Waals surface area (Å²) >= 11 is 0. The highest BCUT2D eigenvalue weighted by Crippen LogP contribution is 2.64. The maximum Gasteiger partial charge on any atom is 0.201 e. The molecule has 39 heavy (non-hydrogen) atoms. The van der Waals surface area contributed by atoms with Crippen LogP contribution in [0.15, 0.2) is 42.0 Å². The Hall–Kier alpha value is -2.79. The van der Waals surface area contributed by atoms with Crippen molar-refractivity contribution < 1.29 is 24.5 Å². The number of phenols is 2. The van der Waals surface area contributed by atoms with Gasteiger partial charge in [0.15, 0.2) is 11.5 Å². The van der Waals surface area contributed by atoms with Gasteiger partial charge in [0, 0.05) is 23.0 Å². The molecule has 208 valence electrons. The lowest BCUT2D eigenvalue weighted by Gasteiger charge is -2.57. The van der Waals surface area contributed by atoms with Gasteiger partial charge in [0.2, 0.25) is 5.75 Å². The van der Waals surface area contributed by atoms with Crippen molar-refractivity contribution in [2.45, 2.75) is 84.8 Å². The average Bonchev–Trinajstić information content (AvgIpc) is 3.25. The van der Waals surface area contributed by atoms with Crippen LogP contribution in [0.4, 0.5) is 0 Å². The fraction of sp³-hybridized carbons (Fsp3) is 0.559. The van der Waals surface area contributed by atoms with E-state index in [1.54, 1.807) is 0 Å². The Morgan fingerprint density at radius 1 is 0.974 bits per heavy atom. The van der Waals surface area contributed by atoms with Crippen LogP contribution in [0.25, 0.3) is 11.1 Å². The maximum atomic E-state index is 12.7. The number of allylic oxidation sites excluding steroid dienone is 1. The van der Waals surface area contributed by atoms with E-state index in [4.69, 9.17) is 9.47 Å². The maximum absolute atomic E-state index is 12.7. The van der Waals surface area contributed by atoms with Gasteiger partial charge in [-0.05, 0) is 86.2 Å². The molecule has 2 aromatic carbocycles. The summed E-state index contributed by atoms with van der Waals surface area (Å²) in [5.74, 6) is 2.21. The van der Waals surface area contributed by atoms with E-state index in [1.165, 1.54) is 12.7 Å². The molecule has 4 aliphatic rings. The van der Waals surface area contributed by atoms with Crippen LogP contribution in [0.2, 0.25) is 0 Å². The number of rotatable bonds is 5. The first kappa shape index (κ1) is 26.4. The predicted molar refractivity (Wildman–Crippen MR) is 152 cm³/mol. The molecule has 0 radical (unpaired) electrons. The Morgan fingerprint density at radius 2 is 1.69 bits per heavy atom. The number of carbonyl (C=O) groups excluding carboxylic acids is 1. The van der Waals surface area contributed by atoms with Gasteiger partial charge >= 0.3 is 0 Å². The zero-order valence-corrected chi connectivity index (χ0v) is 23.8. The second-order valence-electron chi connectivity index (χ2n) is 12.9. The zero-order valence-electron chi connectivity index (χ0n) is 23.8. The third kappa shape index (κ3) is 4.03. The lowest BCUT2D eigenvalue weighted by Crippen LogP contribution is -2.50. The number of hydrogen-bond acceptors (Lipinski definition) is 5. The van der Waals surface area contributed by atoms with E-state index < -0.39 is 0 Å². The highest BCUT2D eigenvalue weighted by atomic mass is 16.5. The Kier molecular flexibility index (Phi) is 6.57. The summed E-state index contributed by atoms with van der Waals surface area (Å²) in [4.78, 5) is 12.7. The number of benzene rings is 2. The lowest BCUT2D eigenvalue weighted by atomic mass is 9.48. The van der Waals surface area contributed by atoms with Crippen LogP contribution in [0, 0.1) is 35.5 Å². The highest BCUT2D eigenvalue weighted by molar-refractivity contribution is 5.87. The molecule has 3 saturated carbocycles. The number of ether oxygens (including phenoxy) is 2. The molecule has 0 heterocycles. The van der Waals surface area contributed by atoms with Gasteiger partial charge < -0.3 is 19.7 Å². The molecular formula is C34H42O5. The minimum absolute atomic E-state index is 0.0902. The van der Waals surface area contributed by atoms with Gasteiger partial charge in [0.1, 0.15) is 5.78 Å². The number of methoxy groups -OCH3 is 1. The second kappa shape index (κ2) is 9.69. The van der Waals surface area contributed by atoms with Crippen molar-refractivity contribution in [3.8, 4) is 28.4 Å². The monoisotopic (exact) mass is 530 g/mol. The molecule has 0 unspecified atom stereocenters. The molecule has 3 fully saturated rings. The van der Waals surface area contributed by atoms with Crippen LogP contribution >= 0.6 is 0 Å². The molecule has 2 aromatic rings. The van der Waals surface area contributed by atoms with E-state index in [-0.39, 0.29) is 34.2 Å². The van der Waals surface area contributed by atoms with E-state index >= 15 is 0 Å². The Labute approximate surface area is 232 Å². The van der Waals surface area contributed by atoms with Gasteiger partial charge in [0.25, 0.3) is 0 Å². The van der Waals surface area contributed by atoms with Crippen LogP contribution in [-0.2, 0) is 16.1 Å². The van der Waals surface area contributed by atoms with Gasteiger partial charge in [-0.15, -0.1) is 0 Å². The SMILES string of the molecule is COc1c(O)c(O)c(C)c(-c2ccccc2)c1CO[C@H]1CC[C@@]2(C)C(=CC[C@@H]3[C@@H]2CC[C@]2(C)C(=O)CC[C@@H]32)C1. The van der Waals surface area contributed by atoms with Crippen molar-refractivity contribution >= 4 is 5.78 Å². The molecular weight excluding hydrogens is 488 g/mol. The number of carbonyl (C=O) groups is 1. The molecule has 0 aliphatic heterocycles. The molecule has 0 spiro atoms. The Balaban J connectivity index is 1.24. The largest absolute Gasteiger partial charge is 0.504 e. The predicted octanol–water partition coefficient (Wildman–Crippen LogP) is 7.50. The molecule has 2 N–H and O–H groups in total. The molecule has 5 nitrogen and oxygen atoms in total. The van der Waals surface area contributed by atoms with Crippen molar-refractivity contribution in [3.63, 3.8) is 0 Å². The highest BCUT2D eigenvalue weighted by Gasteiger charge is 2.58. The smallest absolute Gasteiger partial charge is 0.201 e. The van der Waals surface area contributed by atoms with Gasteiger partial charge in [-0.3, -0.25) is 4.79 Å². The van der Waals surface area contributed by atoms with Gasteiger partial charge in [-0.1, -0.05) is 55.8 Å². The minimum Gasteiger partial charge on any atom is -0.504 e. The van der Waals surface area contributed by atoms with Crippen LogP contribution in [-0.4, -0.2) is 29.2 Å². The van der Waals surface area contributed by atoms with Crippen LogP contribution in [0.5, 0.6) is 17.2 Å². The normalized spacial score (nSPS) is 33.6. The number of phenolic OH excluding ortho intramolecular Hbond substituents is 2. The fourth-order valence-electron chi connectivity index (χ4n) is 8.98. The van der Waals surface area contributed by atoms with Crippen molar-refractivity contribution in [2.75, 3.05) is 7.11 Å². The Bertz CT molecular complexity index is 1310. The average molecular weight is 531 g/mol. The van der Waals surface area contributed by atoms with Crippen molar-refractivity contribution in [1.29, 1.82) is 0 Å². The summed E-state index contributed by atoms with van der Waals surface area (Å²) in [5, 5.41) is 21.3. The molecule has 0 saturated heterocycles. The number of ketones is 1. The van der Waals surface area contributed by atoms with E-state index in [0.29, 0.717) is 35.7 Å². The lowest BCUT2D eigenvalue weighted by molar-refractivity contribution is -0.132. The van der Waals surface area contributed by atoms with Gasteiger partial charge in [-0.25, -0.2) is 0 Å². The standard InChI is InChI=1S/C34H42O5/c1-20-29(21-8-6-5-7-9-21)25(32(38-4)31(37)30(20)36)19-39-23-14-16-33(2)22(18-23)10-11-24-26-12-13-28(35)34(26,3)17-15-27(24)33/h5-10,23-24,26-27,36-37H,11-19H2,1-4H3/t23-,24-,26-,27-,33-,34-/m0/s1. The molecule has 4 aliphatic carbocycles. The van der Waals surface area contributed by atoms with Crippen LogP contribution < -0.4 is 4.74 Å². The first-order valence-electron chi connectivity index (χ1n) is 14.7. The van der Waals surface area contributed by atoms with E-state index in [1.807, 2.05) is 37.3 Å². The summed E-state index contributed by atoms with van der Waals surface area (Å²) in [5.41, 5.74) is 4.81. The summed E-state index contributed by atoms with van der Waals surface area (Å²) in [6.07, 6.45) is 10.7. The number of fused-ring (bicyclic) bond motifs is 5. The quantitative estimate of drug-likeness (QED) is 0.309. The fourth-order valence-corrected chi connectivity index (χ4v) is 8.98. The summed E-state index contributed by atoms with van der Waals surface area (Å²) < 4.78 is 12.2. The molecule has 6 rings (SSSR count). The summed E-state index contributed by atoms with van der Waals surface area (Å²) in [7, 11) is 1.52. The second-order valence-corrected chi connectivity index (χ2v) is 12.9. The third-order valence-corrected chi connectivity index (χ3v) is 11.2. The topological polar surface area (TPSA) is 76.0 Å². The molecule has 0 bridgehead atoms. The van der Waals surface area contributed by atoms with Crippen molar-refractivity contribution in [1.82, 2.24) is 0 Å². The molecule has 0 amide bonds. The van der Waals surface area contributed by atoms with E-state index in [9.17, 15) is 15.0 Å². The summed E-state index contributed by atoms with van der Waals surface area (Å²) in [6.45, 7) is 6.84. The molecule has 0 aromatic heterocycles. The third-order valence-electron chi connectivity index (χ3n) is 11.2. The van der Waals surface area contributed by atoms with E-state index in [0.717, 1.165) is 68.1 Å². The van der Waals surface area contributed by atoms with Crippen molar-refractivity contribution in [3.05, 3.63) is 53.1 Å². The van der Waals surface area contributed by atoms with Gasteiger partial charge in [0.05, 0.1) is 19.8 Å². The first-order valence-corrected chi connectivity index (χ1v) is 14.7. The molecule has 5 heteroatoms. The first-order chi connectivity index (χ1) is 18.7.